The first kappa shape index (κ1) is 15.8. The van der Waals surface area contributed by atoms with Crippen LogP contribution in [0.4, 0.5) is 13.2 Å². The zero-order valence-electron chi connectivity index (χ0n) is 11.0. The topological polar surface area (TPSA) is 34.1 Å². The normalized spacial score (nSPS) is 13.0. The number of nitrogens with one attached hydrogen (secondary N) is 1. The van der Waals surface area contributed by atoms with Gasteiger partial charge < -0.3 is 10.1 Å². The van der Waals surface area contributed by atoms with Gasteiger partial charge in [-0.25, -0.2) is 0 Å². The number of nitrogens with zero attached hydrogens (tertiary/aromatic N) is 1. The molecule has 0 saturated heterocycles. The minimum Gasteiger partial charge on any atom is -0.406 e. The number of aromatic nitrogens is 1. The average Bonchev–Trinajstić information content (AvgIpc) is 2.40. The first-order valence-electron chi connectivity index (χ1n) is 6.03. The highest BCUT2D eigenvalue weighted by atomic mass is 79.9. The van der Waals surface area contributed by atoms with Gasteiger partial charge >= 0.3 is 6.36 Å². The third kappa shape index (κ3) is 4.44. The van der Waals surface area contributed by atoms with Crippen LogP contribution < -0.4 is 10.1 Å². The van der Waals surface area contributed by atoms with Crippen molar-refractivity contribution in [1.29, 1.82) is 0 Å². The second-order valence-electron chi connectivity index (χ2n) is 4.24. The van der Waals surface area contributed by atoms with Crippen LogP contribution in [-0.4, -0.2) is 18.4 Å². The van der Waals surface area contributed by atoms with E-state index in [1.165, 1.54) is 18.2 Å². The van der Waals surface area contributed by atoms with E-state index in [-0.39, 0.29) is 11.8 Å². The Morgan fingerprint density at radius 3 is 2.57 bits per heavy atom. The molecule has 0 aliphatic heterocycles. The summed E-state index contributed by atoms with van der Waals surface area (Å²) in [4.78, 5) is 4.26. The lowest BCUT2D eigenvalue weighted by Gasteiger charge is -2.17. The molecule has 2 aromatic rings. The molecule has 0 saturated carbocycles. The van der Waals surface area contributed by atoms with E-state index in [2.05, 4.69) is 31.0 Å². The molecule has 1 heterocycles. The molecule has 0 bridgehead atoms. The van der Waals surface area contributed by atoms with Gasteiger partial charge in [0.25, 0.3) is 0 Å². The number of benzene rings is 1. The minimum absolute atomic E-state index is 0.252. The Hall–Kier alpha value is -1.60. The lowest BCUT2D eigenvalue weighted by Crippen LogP contribution is -2.20. The van der Waals surface area contributed by atoms with Gasteiger partial charge in [-0.2, -0.15) is 0 Å². The summed E-state index contributed by atoms with van der Waals surface area (Å²) in [6.07, 6.45) is -3.07. The second kappa shape index (κ2) is 6.44. The summed E-state index contributed by atoms with van der Waals surface area (Å²) in [5.74, 6) is -0.252. The summed E-state index contributed by atoms with van der Waals surface area (Å²) in [6, 6.07) is 9.13. The molecule has 0 aliphatic rings. The minimum atomic E-state index is -4.70. The van der Waals surface area contributed by atoms with E-state index in [1.807, 2.05) is 6.07 Å². The smallest absolute Gasteiger partial charge is 0.406 e. The van der Waals surface area contributed by atoms with Crippen molar-refractivity contribution >= 4 is 15.9 Å². The highest BCUT2D eigenvalue weighted by Gasteiger charge is 2.31. The van der Waals surface area contributed by atoms with E-state index in [1.54, 1.807) is 25.4 Å². The summed E-state index contributed by atoms with van der Waals surface area (Å²) in [5, 5.41) is 3.03. The molecule has 1 aromatic carbocycles. The molecule has 0 fully saturated rings. The fourth-order valence-corrected chi connectivity index (χ4v) is 2.17. The Bertz CT molecular complexity index is 602. The standard InChI is InChI=1S/C14H12BrF3N2O/c1-19-13(12-6-5-10(15)8-20-12)9-3-2-4-11(7-9)21-14(16,17)18/h2-8,13,19H,1H3. The number of hydrogen-bond acceptors (Lipinski definition) is 3. The SMILES string of the molecule is CNC(c1cccc(OC(F)(F)F)c1)c1ccc(Br)cn1. The third-order valence-electron chi connectivity index (χ3n) is 2.76. The molecular weight excluding hydrogens is 349 g/mol. The average molecular weight is 361 g/mol. The van der Waals surface area contributed by atoms with Crippen molar-refractivity contribution in [3.8, 4) is 5.75 Å². The Morgan fingerprint density at radius 2 is 2.00 bits per heavy atom. The Labute approximate surface area is 128 Å². The lowest BCUT2D eigenvalue weighted by molar-refractivity contribution is -0.274. The van der Waals surface area contributed by atoms with Gasteiger partial charge in [0, 0.05) is 10.7 Å². The molecule has 0 aliphatic carbocycles. The summed E-state index contributed by atoms with van der Waals surface area (Å²) in [7, 11) is 1.71. The van der Waals surface area contributed by atoms with Crippen LogP contribution in [0.3, 0.4) is 0 Å². The van der Waals surface area contributed by atoms with Gasteiger partial charge in [-0.15, -0.1) is 13.2 Å². The number of rotatable bonds is 4. The first-order valence-corrected chi connectivity index (χ1v) is 6.83. The highest BCUT2D eigenvalue weighted by molar-refractivity contribution is 9.10. The molecule has 1 unspecified atom stereocenters. The zero-order chi connectivity index (χ0) is 15.5. The van der Waals surface area contributed by atoms with Gasteiger partial charge in [0.1, 0.15) is 5.75 Å². The van der Waals surface area contributed by atoms with Crippen LogP contribution in [0, 0.1) is 0 Å². The quantitative estimate of drug-likeness (QED) is 0.892. The van der Waals surface area contributed by atoms with Crippen molar-refractivity contribution in [3.05, 3.63) is 58.3 Å². The van der Waals surface area contributed by atoms with Gasteiger partial charge in [-0.3, -0.25) is 4.98 Å². The third-order valence-corrected chi connectivity index (χ3v) is 3.23. The van der Waals surface area contributed by atoms with Gasteiger partial charge in [-0.05, 0) is 52.8 Å². The second-order valence-corrected chi connectivity index (χ2v) is 5.16. The van der Waals surface area contributed by atoms with E-state index in [0.717, 1.165) is 4.47 Å². The van der Waals surface area contributed by atoms with Crippen molar-refractivity contribution < 1.29 is 17.9 Å². The van der Waals surface area contributed by atoms with E-state index in [9.17, 15) is 13.2 Å². The van der Waals surface area contributed by atoms with Crippen LogP contribution >= 0.6 is 15.9 Å². The van der Waals surface area contributed by atoms with Gasteiger partial charge in [0.2, 0.25) is 0 Å². The molecule has 1 aromatic heterocycles. The Morgan fingerprint density at radius 1 is 1.24 bits per heavy atom. The van der Waals surface area contributed by atoms with Gasteiger partial charge in [0.05, 0.1) is 11.7 Å². The number of alkyl halides is 3. The lowest BCUT2D eigenvalue weighted by atomic mass is 10.0. The Kier molecular flexibility index (Phi) is 4.84. The molecule has 7 heteroatoms. The van der Waals surface area contributed by atoms with Crippen molar-refractivity contribution in [2.45, 2.75) is 12.4 Å². The van der Waals surface area contributed by atoms with Crippen molar-refractivity contribution in [1.82, 2.24) is 10.3 Å². The summed E-state index contributed by atoms with van der Waals surface area (Å²) < 4.78 is 41.6. The largest absolute Gasteiger partial charge is 0.573 e. The number of pyridine rings is 1. The Balaban J connectivity index is 2.30. The van der Waals surface area contributed by atoms with E-state index in [4.69, 9.17) is 0 Å². The molecule has 112 valence electrons. The van der Waals surface area contributed by atoms with E-state index in [0.29, 0.717) is 11.3 Å². The molecule has 3 nitrogen and oxygen atoms in total. The maximum absolute atomic E-state index is 12.3. The first-order chi connectivity index (χ1) is 9.89. The monoisotopic (exact) mass is 360 g/mol. The van der Waals surface area contributed by atoms with Crippen molar-refractivity contribution in [2.75, 3.05) is 7.05 Å². The summed E-state index contributed by atoms with van der Waals surface area (Å²) in [5.41, 5.74) is 1.33. The van der Waals surface area contributed by atoms with Crippen molar-refractivity contribution in [2.24, 2.45) is 0 Å². The van der Waals surface area contributed by atoms with Crippen LogP contribution in [0.15, 0.2) is 47.1 Å². The zero-order valence-corrected chi connectivity index (χ0v) is 12.6. The van der Waals surface area contributed by atoms with E-state index < -0.39 is 6.36 Å². The molecule has 1 atom stereocenters. The molecule has 21 heavy (non-hydrogen) atoms. The maximum Gasteiger partial charge on any atom is 0.573 e. The maximum atomic E-state index is 12.3. The number of ether oxygens (including phenoxy) is 1. The molecule has 0 radical (unpaired) electrons. The summed E-state index contributed by atoms with van der Waals surface area (Å²) >= 11 is 3.29. The van der Waals surface area contributed by atoms with Crippen LogP contribution in [0.25, 0.3) is 0 Å². The van der Waals surface area contributed by atoms with Crippen LogP contribution in [0.5, 0.6) is 5.75 Å². The molecule has 1 N–H and O–H groups in total. The van der Waals surface area contributed by atoms with Crippen LogP contribution in [0.2, 0.25) is 0 Å². The van der Waals surface area contributed by atoms with Crippen molar-refractivity contribution in [3.63, 3.8) is 0 Å². The molecule has 2 rings (SSSR count). The van der Waals surface area contributed by atoms with Gasteiger partial charge in [-0.1, -0.05) is 12.1 Å². The predicted molar refractivity (Wildman–Crippen MR) is 76.0 cm³/mol. The molecular formula is C14H12BrF3N2O. The van der Waals surface area contributed by atoms with Gasteiger partial charge in [0.15, 0.2) is 0 Å². The fraction of sp³-hybridized carbons (Fsp3) is 0.214. The van der Waals surface area contributed by atoms with E-state index >= 15 is 0 Å². The molecule has 0 spiro atoms. The summed E-state index contributed by atoms with van der Waals surface area (Å²) in [6.45, 7) is 0. The number of halogens is 4. The number of hydrogen-bond donors (Lipinski definition) is 1. The predicted octanol–water partition coefficient (Wildman–Crippen LogP) is 4.05. The van der Waals surface area contributed by atoms with Crippen LogP contribution in [-0.2, 0) is 0 Å². The molecule has 0 amide bonds. The fourth-order valence-electron chi connectivity index (χ4n) is 1.93. The van der Waals surface area contributed by atoms with Crippen LogP contribution in [0.1, 0.15) is 17.3 Å². The highest BCUT2D eigenvalue weighted by Crippen LogP contribution is 2.27.